The number of carbonyl (C=O) groups is 2. The van der Waals surface area contributed by atoms with Crippen molar-refractivity contribution >= 4 is 23.3 Å². The van der Waals surface area contributed by atoms with Crippen LogP contribution in [0.5, 0.6) is 5.75 Å². The van der Waals surface area contributed by atoms with Crippen molar-refractivity contribution < 1.29 is 33.6 Å². The number of nitro groups is 2. The summed E-state index contributed by atoms with van der Waals surface area (Å²) < 4.78 is 17.4. The van der Waals surface area contributed by atoms with E-state index in [4.69, 9.17) is 14.2 Å². The number of ether oxygens (including phenoxy) is 3. The molecule has 0 atom stereocenters. The van der Waals surface area contributed by atoms with Crippen molar-refractivity contribution in [2.45, 2.75) is 176 Å². The molecule has 286 valence electrons. The average Bonchev–Trinajstić information content (AvgIpc) is 3.01. The number of carbonyl (C=O) groups excluding carboxylic acids is 2. The lowest BCUT2D eigenvalue weighted by atomic mass is 9.76. The third kappa shape index (κ3) is 12.9. The van der Waals surface area contributed by atoms with Gasteiger partial charge in [0, 0.05) is 22.5 Å². The van der Waals surface area contributed by atoms with Crippen molar-refractivity contribution in [1.29, 1.82) is 0 Å². The molecular weight excluding hydrogens is 654 g/mol. The van der Waals surface area contributed by atoms with E-state index in [-0.39, 0.29) is 34.4 Å². The molecule has 0 aromatic heterocycles. The van der Waals surface area contributed by atoms with Gasteiger partial charge in [-0.15, -0.1) is 0 Å². The highest BCUT2D eigenvalue weighted by Crippen LogP contribution is 2.51. The Bertz CT molecular complexity index is 1390. The minimum absolute atomic E-state index is 0.0000201. The van der Waals surface area contributed by atoms with Gasteiger partial charge in [0.25, 0.3) is 5.69 Å². The number of nitrogens with zero attached hydrogens (tertiary/aromatic N) is 2. The molecule has 0 spiro atoms. The molecule has 0 aliphatic carbocycles. The fourth-order valence-corrected chi connectivity index (χ4v) is 6.62. The van der Waals surface area contributed by atoms with Crippen LogP contribution in [0, 0.1) is 20.2 Å². The van der Waals surface area contributed by atoms with Gasteiger partial charge in [0.15, 0.2) is 0 Å². The fraction of sp³-hybridized carbons (Fsp3) is 0.692. The SMILES string of the molecule is CCCCCCCCCCCCCCCc1c([N+](=O)[O-])cc([N+](=O)[O-])c(OC(C)C)c1C1C(C(=O)OC(C)C)=C(C)NC(C)=C1C(=O)OC(C)C. The number of unbranched alkanes of at least 4 members (excludes halogenated alkanes) is 12. The maximum atomic E-state index is 13.9. The average molecular weight is 716 g/mol. The van der Waals surface area contributed by atoms with E-state index in [0.29, 0.717) is 17.8 Å². The summed E-state index contributed by atoms with van der Waals surface area (Å²) in [5.74, 6) is -3.06. The number of nitro benzene ring substituents is 2. The van der Waals surface area contributed by atoms with Crippen molar-refractivity contribution in [2.75, 3.05) is 0 Å². The molecule has 12 nitrogen and oxygen atoms in total. The Morgan fingerprint density at radius 2 is 1.10 bits per heavy atom. The molecule has 0 saturated carbocycles. The smallest absolute Gasteiger partial charge is 0.337 e. The van der Waals surface area contributed by atoms with E-state index < -0.39 is 57.4 Å². The molecule has 12 heteroatoms. The molecule has 1 aromatic carbocycles. The van der Waals surface area contributed by atoms with Gasteiger partial charge >= 0.3 is 17.6 Å². The minimum atomic E-state index is -1.31. The van der Waals surface area contributed by atoms with Gasteiger partial charge < -0.3 is 19.5 Å². The lowest BCUT2D eigenvalue weighted by molar-refractivity contribution is -0.395. The lowest BCUT2D eigenvalue weighted by Gasteiger charge is -2.33. The predicted octanol–water partition coefficient (Wildman–Crippen LogP) is 10.1. The van der Waals surface area contributed by atoms with Gasteiger partial charge in [0.2, 0.25) is 5.75 Å². The van der Waals surface area contributed by atoms with Gasteiger partial charge in [-0.05, 0) is 68.2 Å². The number of esters is 2. The molecule has 1 N–H and O–H groups in total. The minimum Gasteiger partial charge on any atom is -0.484 e. The van der Waals surface area contributed by atoms with Crippen molar-refractivity contribution in [3.63, 3.8) is 0 Å². The highest BCUT2D eigenvalue weighted by Gasteiger charge is 2.45. The van der Waals surface area contributed by atoms with E-state index in [1.165, 1.54) is 51.4 Å². The van der Waals surface area contributed by atoms with E-state index in [2.05, 4.69) is 12.2 Å². The maximum absolute atomic E-state index is 13.9. The largest absolute Gasteiger partial charge is 0.484 e. The van der Waals surface area contributed by atoms with Crippen LogP contribution in [0.15, 0.2) is 28.6 Å². The summed E-state index contributed by atoms with van der Waals surface area (Å²) >= 11 is 0. The number of hydrogen-bond acceptors (Lipinski definition) is 10. The summed E-state index contributed by atoms with van der Waals surface area (Å²) in [6.45, 7) is 15.6. The molecule has 1 aliphatic heterocycles. The number of hydrogen-bond donors (Lipinski definition) is 1. The first kappa shape index (κ1) is 43.2. The van der Waals surface area contributed by atoms with Gasteiger partial charge in [-0.25, -0.2) is 9.59 Å². The number of allylic oxidation sites excluding steroid dienone is 2. The fourth-order valence-electron chi connectivity index (χ4n) is 6.62. The Hall–Kier alpha value is -3.96. The first-order valence-corrected chi connectivity index (χ1v) is 18.9. The van der Waals surface area contributed by atoms with Crippen LogP contribution in [0.4, 0.5) is 11.4 Å². The lowest BCUT2D eigenvalue weighted by Crippen LogP contribution is -2.34. The van der Waals surface area contributed by atoms with Crippen LogP contribution in [0.25, 0.3) is 0 Å². The maximum Gasteiger partial charge on any atom is 0.337 e. The third-order valence-corrected chi connectivity index (χ3v) is 8.84. The molecule has 1 heterocycles. The summed E-state index contributed by atoms with van der Waals surface area (Å²) in [7, 11) is 0. The molecule has 1 aliphatic rings. The Balaban J connectivity index is 2.65. The van der Waals surface area contributed by atoms with E-state index in [9.17, 15) is 29.8 Å². The topological polar surface area (TPSA) is 160 Å². The van der Waals surface area contributed by atoms with Gasteiger partial charge in [0.1, 0.15) is 0 Å². The second-order valence-electron chi connectivity index (χ2n) is 14.4. The Labute approximate surface area is 304 Å². The summed E-state index contributed by atoms with van der Waals surface area (Å²) in [4.78, 5) is 51.6. The zero-order chi connectivity index (χ0) is 38.2. The second-order valence-corrected chi connectivity index (χ2v) is 14.4. The van der Waals surface area contributed by atoms with E-state index in [0.717, 1.165) is 31.7 Å². The molecule has 0 amide bonds. The Morgan fingerprint density at radius 3 is 1.47 bits per heavy atom. The van der Waals surface area contributed by atoms with Crippen LogP contribution in [-0.2, 0) is 25.5 Å². The Kier molecular flexibility index (Phi) is 18.1. The zero-order valence-corrected chi connectivity index (χ0v) is 32.4. The zero-order valence-electron chi connectivity index (χ0n) is 32.4. The summed E-state index contributed by atoms with van der Waals surface area (Å²) in [5, 5.41) is 28.3. The quantitative estimate of drug-likeness (QED) is 0.0500. The molecule has 51 heavy (non-hydrogen) atoms. The summed E-state index contributed by atoms with van der Waals surface area (Å²) in [5.41, 5.74) is -0.173. The highest BCUT2D eigenvalue weighted by molar-refractivity contribution is 6.00. The molecule has 0 fully saturated rings. The van der Waals surface area contributed by atoms with Gasteiger partial charge in [-0.2, -0.15) is 0 Å². The first-order chi connectivity index (χ1) is 24.1. The number of benzene rings is 1. The Morgan fingerprint density at radius 1 is 0.686 bits per heavy atom. The van der Waals surface area contributed by atoms with Crippen LogP contribution in [0.3, 0.4) is 0 Å². The van der Waals surface area contributed by atoms with E-state index in [1.807, 2.05) is 0 Å². The predicted molar refractivity (Wildman–Crippen MR) is 199 cm³/mol. The number of nitrogens with one attached hydrogen (secondary N) is 1. The van der Waals surface area contributed by atoms with Gasteiger partial charge in [0.05, 0.1) is 51.3 Å². The summed E-state index contributed by atoms with van der Waals surface area (Å²) in [6, 6.07) is 0.936. The highest BCUT2D eigenvalue weighted by atomic mass is 16.6. The second kappa shape index (κ2) is 21.4. The standard InChI is InChI=1S/C39H61N3O9/c1-10-11-12-13-14-15-16-17-18-19-20-21-22-23-30-31(41(45)46)24-32(42(47)48)37(49-25(2)3)35(30)36-33(38(43)50-26(4)5)28(8)40-29(9)34(36)39(44)51-27(6)7/h24-27,36,40H,10-23H2,1-9H3. The van der Waals surface area contributed by atoms with Crippen molar-refractivity contribution in [3.05, 3.63) is 60.0 Å². The number of rotatable bonds is 23. The molecule has 0 radical (unpaired) electrons. The van der Waals surface area contributed by atoms with Crippen molar-refractivity contribution in [2.24, 2.45) is 0 Å². The monoisotopic (exact) mass is 715 g/mol. The molecular formula is C39H61N3O9. The first-order valence-electron chi connectivity index (χ1n) is 18.9. The normalized spacial score (nSPS) is 13.6. The summed E-state index contributed by atoms with van der Waals surface area (Å²) in [6.07, 6.45) is 13.1. The van der Waals surface area contributed by atoms with Crippen LogP contribution in [0.2, 0.25) is 0 Å². The molecule has 0 saturated heterocycles. The van der Waals surface area contributed by atoms with Crippen LogP contribution >= 0.6 is 0 Å². The third-order valence-electron chi connectivity index (χ3n) is 8.84. The number of dihydropyridines is 1. The van der Waals surface area contributed by atoms with Gasteiger partial charge in [-0.3, -0.25) is 20.2 Å². The molecule has 0 bridgehead atoms. The molecule has 1 aromatic rings. The van der Waals surface area contributed by atoms with E-state index in [1.54, 1.807) is 55.4 Å². The molecule has 2 rings (SSSR count). The van der Waals surface area contributed by atoms with Crippen LogP contribution in [0.1, 0.15) is 163 Å². The van der Waals surface area contributed by atoms with Crippen molar-refractivity contribution in [1.82, 2.24) is 5.32 Å². The van der Waals surface area contributed by atoms with Crippen molar-refractivity contribution in [3.8, 4) is 5.75 Å². The van der Waals surface area contributed by atoms with Crippen LogP contribution in [-0.4, -0.2) is 40.1 Å². The van der Waals surface area contributed by atoms with Gasteiger partial charge in [-0.1, -0.05) is 84.0 Å². The van der Waals surface area contributed by atoms with Crippen LogP contribution < -0.4 is 10.1 Å². The molecule has 0 unspecified atom stereocenters. The van der Waals surface area contributed by atoms with E-state index >= 15 is 0 Å².